The highest BCUT2D eigenvalue weighted by Gasteiger charge is 2.42. The fourth-order valence-corrected chi connectivity index (χ4v) is 2.29. The predicted molar refractivity (Wildman–Crippen MR) is 68.3 cm³/mol. The van der Waals surface area contributed by atoms with Gasteiger partial charge in [-0.05, 0) is 25.8 Å². The van der Waals surface area contributed by atoms with Crippen molar-refractivity contribution in [3.8, 4) is 0 Å². The van der Waals surface area contributed by atoms with Crippen molar-refractivity contribution in [3.05, 3.63) is 18.5 Å². The van der Waals surface area contributed by atoms with Crippen molar-refractivity contribution in [3.63, 3.8) is 0 Å². The van der Waals surface area contributed by atoms with Gasteiger partial charge in [-0.25, -0.2) is 8.78 Å². The molecule has 0 bridgehead atoms. The smallest absolute Gasteiger partial charge is 0.248 e. The summed E-state index contributed by atoms with van der Waals surface area (Å²) in [6.07, 6.45) is 2.55. The number of aliphatic hydroxyl groups is 1. The van der Waals surface area contributed by atoms with E-state index in [2.05, 4.69) is 10.4 Å². The molecule has 7 heteroatoms. The second kappa shape index (κ2) is 5.47. The summed E-state index contributed by atoms with van der Waals surface area (Å²) < 4.78 is 27.6. The molecule has 2 N–H and O–H groups in total. The van der Waals surface area contributed by atoms with Crippen LogP contribution in [0.1, 0.15) is 38.6 Å². The first kappa shape index (κ1) is 14.9. The van der Waals surface area contributed by atoms with E-state index in [0.717, 1.165) is 0 Å². The van der Waals surface area contributed by atoms with Crippen LogP contribution in [-0.2, 0) is 4.79 Å². The zero-order chi connectivity index (χ0) is 14.8. The fourth-order valence-electron chi connectivity index (χ4n) is 2.29. The van der Waals surface area contributed by atoms with Gasteiger partial charge in [-0.1, -0.05) is 0 Å². The molecule has 1 atom stereocenters. The average Bonchev–Trinajstić information content (AvgIpc) is 2.93. The molecule has 20 heavy (non-hydrogen) atoms. The van der Waals surface area contributed by atoms with Crippen LogP contribution in [0.25, 0.3) is 0 Å². The van der Waals surface area contributed by atoms with Crippen LogP contribution in [-0.4, -0.2) is 38.9 Å². The molecule has 0 saturated heterocycles. The van der Waals surface area contributed by atoms with Gasteiger partial charge in [0, 0.05) is 31.8 Å². The number of nitrogens with zero attached hydrogens (tertiary/aromatic N) is 2. The van der Waals surface area contributed by atoms with E-state index in [0.29, 0.717) is 0 Å². The highest BCUT2D eigenvalue weighted by Crippen LogP contribution is 2.38. The lowest BCUT2D eigenvalue weighted by Crippen LogP contribution is -2.48. The minimum absolute atomic E-state index is 0.00354. The summed E-state index contributed by atoms with van der Waals surface area (Å²) in [6.45, 7) is 1.68. The lowest BCUT2D eigenvalue weighted by atomic mass is 9.82. The Labute approximate surface area is 116 Å². The quantitative estimate of drug-likeness (QED) is 0.882. The maximum atomic E-state index is 13.1. The first-order valence-electron chi connectivity index (χ1n) is 6.68. The molecular weight excluding hydrogens is 268 g/mol. The van der Waals surface area contributed by atoms with Gasteiger partial charge in [0.2, 0.25) is 11.8 Å². The summed E-state index contributed by atoms with van der Waals surface area (Å²) >= 11 is 0. The van der Waals surface area contributed by atoms with Crippen molar-refractivity contribution in [2.45, 2.75) is 50.2 Å². The SMILES string of the molecule is C[C@H](C(=O)NCC1(O)CCC(F)(F)CC1)n1cccn1. The van der Waals surface area contributed by atoms with Gasteiger partial charge in [-0.3, -0.25) is 9.48 Å². The molecule has 0 radical (unpaired) electrons. The molecule has 1 aromatic rings. The van der Waals surface area contributed by atoms with Crippen LogP contribution in [0.3, 0.4) is 0 Å². The standard InChI is InChI=1S/C13H19F2N3O2/c1-10(18-8-2-7-17-18)11(19)16-9-12(20)3-5-13(14,15)6-4-12/h2,7-8,10,20H,3-6,9H2,1H3,(H,16,19)/t10-/m1/s1. The Morgan fingerprint density at radius 3 is 2.65 bits per heavy atom. The molecule has 0 spiro atoms. The minimum atomic E-state index is -2.70. The number of alkyl halides is 2. The van der Waals surface area contributed by atoms with Crippen molar-refractivity contribution in [1.82, 2.24) is 15.1 Å². The Morgan fingerprint density at radius 1 is 1.45 bits per heavy atom. The molecule has 5 nitrogen and oxygen atoms in total. The number of aromatic nitrogens is 2. The van der Waals surface area contributed by atoms with Crippen LogP contribution < -0.4 is 5.32 Å². The summed E-state index contributed by atoms with van der Waals surface area (Å²) in [5, 5.41) is 16.8. The maximum absolute atomic E-state index is 13.1. The van der Waals surface area contributed by atoms with Crippen LogP contribution in [0.4, 0.5) is 8.78 Å². The van der Waals surface area contributed by atoms with E-state index in [4.69, 9.17) is 0 Å². The van der Waals surface area contributed by atoms with Gasteiger partial charge in [0.15, 0.2) is 0 Å². The molecule has 0 unspecified atom stereocenters. The fraction of sp³-hybridized carbons (Fsp3) is 0.692. The van der Waals surface area contributed by atoms with Gasteiger partial charge in [-0.2, -0.15) is 5.10 Å². The first-order valence-corrected chi connectivity index (χ1v) is 6.68. The molecule has 1 saturated carbocycles. The average molecular weight is 287 g/mol. The highest BCUT2D eigenvalue weighted by atomic mass is 19.3. The molecule has 112 valence electrons. The van der Waals surface area contributed by atoms with Crippen molar-refractivity contribution >= 4 is 5.91 Å². The van der Waals surface area contributed by atoms with Crippen LogP contribution >= 0.6 is 0 Å². The third-order valence-corrected chi connectivity index (χ3v) is 3.81. The summed E-state index contributed by atoms with van der Waals surface area (Å²) in [5.41, 5.74) is -1.23. The number of halogens is 2. The van der Waals surface area contributed by atoms with Crippen LogP contribution in [0, 0.1) is 0 Å². The van der Waals surface area contributed by atoms with Crippen molar-refractivity contribution < 1.29 is 18.7 Å². The number of carbonyl (C=O) groups is 1. The minimum Gasteiger partial charge on any atom is -0.388 e. The number of nitrogens with one attached hydrogen (secondary N) is 1. The number of hydrogen-bond donors (Lipinski definition) is 2. The molecule has 1 aliphatic rings. The second-order valence-electron chi connectivity index (χ2n) is 5.46. The Hall–Kier alpha value is -1.50. The topological polar surface area (TPSA) is 67.2 Å². The second-order valence-corrected chi connectivity index (χ2v) is 5.46. The van der Waals surface area contributed by atoms with Crippen molar-refractivity contribution in [1.29, 1.82) is 0 Å². The Kier molecular flexibility index (Phi) is 4.08. The number of carbonyl (C=O) groups excluding carboxylic acids is 1. The number of hydrogen-bond acceptors (Lipinski definition) is 3. The summed E-state index contributed by atoms with van der Waals surface area (Å²) in [5.74, 6) is -2.99. The van der Waals surface area contributed by atoms with Crippen LogP contribution in [0.5, 0.6) is 0 Å². The zero-order valence-electron chi connectivity index (χ0n) is 11.4. The van der Waals surface area contributed by atoms with E-state index in [1.165, 1.54) is 4.68 Å². The van der Waals surface area contributed by atoms with Gasteiger partial charge >= 0.3 is 0 Å². The van der Waals surface area contributed by atoms with Crippen LogP contribution in [0.2, 0.25) is 0 Å². The van der Waals surface area contributed by atoms with Crippen molar-refractivity contribution in [2.75, 3.05) is 6.54 Å². The molecular formula is C13H19F2N3O2. The van der Waals surface area contributed by atoms with E-state index < -0.39 is 17.6 Å². The Morgan fingerprint density at radius 2 is 2.10 bits per heavy atom. The van der Waals surface area contributed by atoms with Crippen LogP contribution in [0.15, 0.2) is 18.5 Å². The van der Waals surface area contributed by atoms with Gasteiger partial charge in [-0.15, -0.1) is 0 Å². The van der Waals surface area contributed by atoms with Gasteiger partial charge < -0.3 is 10.4 Å². The highest BCUT2D eigenvalue weighted by molar-refractivity contribution is 5.79. The molecule has 1 fully saturated rings. The van der Waals surface area contributed by atoms with E-state index in [1.807, 2.05) is 0 Å². The summed E-state index contributed by atoms with van der Waals surface area (Å²) in [7, 11) is 0. The molecule has 0 aromatic carbocycles. The predicted octanol–water partition coefficient (Wildman–Crippen LogP) is 1.50. The van der Waals surface area contributed by atoms with E-state index in [9.17, 15) is 18.7 Å². The van der Waals surface area contributed by atoms with E-state index in [1.54, 1.807) is 25.4 Å². The van der Waals surface area contributed by atoms with Crippen molar-refractivity contribution in [2.24, 2.45) is 0 Å². The molecule has 1 aliphatic carbocycles. The maximum Gasteiger partial charge on any atom is 0.248 e. The lowest BCUT2D eigenvalue weighted by Gasteiger charge is -2.36. The third kappa shape index (κ3) is 3.53. The molecule has 1 amide bonds. The third-order valence-electron chi connectivity index (χ3n) is 3.81. The largest absolute Gasteiger partial charge is 0.388 e. The van der Waals surface area contributed by atoms with E-state index >= 15 is 0 Å². The monoisotopic (exact) mass is 287 g/mol. The Bertz CT molecular complexity index is 452. The molecule has 1 aromatic heterocycles. The zero-order valence-corrected chi connectivity index (χ0v) is 11.4. The van der Waals surface area contributed by atoms with E-state index in [-0.39, 0.29) is 38.1 Å². The summed E-state index contributed by atoms with van der Waals surface area (Å²) in [6, 6.07) is 1.21. The first-order chi connectivity index (χ1) is 9.31. The Balaban J connectivity index is 1.84. The van der Waals surface area contributed by atoms with Gasteiger partial charge in [0.1, 0.15) is 6.04 Å². The number of rotatable bonds is 4. The van der Waals surface area contributed by atoms with Gasteiger partial charge in [0.05, 0.1) is 5.60 Å². The van der Waals surface area contributed by atoms with Gasteiger partial charge in [0.25, 0.3) is 0 Å². The normalized spacial score (nSPS) is 22.2. The lowest BCUT2D eigenvalue weighted by molar-refractivity contribution is -0.128. The molecule has 2 rings (SSSR count). The molecule has 1 heterocycles. The number of amides is 1. The summed E-state index contributed by atoms with van der Waals surface area (Å²) in [4.78, 5) is 11.9. The molecule has 0 aliphatic heterocycles.